The number of piperazine rings is 1. The summed E-state index contributed by atoms with van der Waals surface area (Å²) in [5, 5.41) is 0. The van der Waals surface area contributed by atoms with Crippen molar-refractivity contribution in [3.05, 3.63) is 21.3 Å². The molecule has 0 unspecified atom stereocenters. The third kappa shape index (κ3) is 5.94. The number of unbranched alkanes of at least 4 members (excludes halogenated alkanes) is 1. The van der Waals surface area contributed by atoms with Crippen LogP contribution in [0.25, 0.3) is 0 Å². The minimum atomic E-state index is -0.0954. The Bertz CT molecular complexity index is 445. The number of esters is 1. The van der Waals surface area contributed by atoms with Crippen molar-refractivity contribution >= 4 is 28.9 Å². The van der Waals surface area contributed by atoms with Gasteiger partial charge in [0.1, 0.15) is 0 Å². The Kier molecular flexibility index (Phi) is 6.96. The molecule has 1 aliphatic rings. The van der Waals surface area contributed by atoms with Crippen LogP contribution in [0, 0.1) is 0 Å². The second kappa shape index (κ2) is 8.73. The molecule has 21 heavy (non-hydrogen) atoms. The Morgan fingerprint density at radius 3 is 2.62 bits per heavy atom. The second-order valence-electron chi connectivity index (χ2n) is 5.33. The minimum absolute atomic E-state index is 0.0954. The summed E-state index contributed by atoms with van der Waals surface area (Å²) in [5.41, 5.74) is 0. The molecule has 0 aliphatic carbocycles. The molecule has 0 bridgehead atoms. The lowest BCUT2D eigenvalue weighted by Crippen LogP contribution is -2.47. The van der Waals surface area contributed by atoms with E-state index in [2.05, 4.69) is 22.8 Å². The van der Waals surface area contributed by atoms with Crippen LogP contribution < -0.4 is 0 Å². The van der Waals surface area contributed by atoms with E-state index in [-0.39, 0.29) is 5.97 Å². The Balaban J connectivity index is 1.65. The number of ether oxygens (including phenoxy) is 1. The zero-order valence-corrected chi connectivity index (χ0v) is 14.1. The van der Waals surface area contributed by atoms with Gasteiger partial charge in [0.25, 0.3) is 0 Å². The maximum Gasteiger partial charge on any atom is 0.320 e. The van der Waals surface area contributed by atoms with Crippen LogP contribution >= 0.6 is 22.9 Å². The molecule has 2 rings (SSSR count). The third-order valence-corrected chi connectivity index (χ3v) is 4.80. The smallest absolute Gasteiger partial charge is 0.320 e. The van der Waals surface area contributed by atoms with E-state index in [4.69, 9.17) is 16.3 Å². The van der Waals surface area contributed by atoms with Crippen LogP contribution in [0.5, 0.6) is 0 Å². The summed E-state index contributed by atoms with van der Waals surface area (Å²) < 4.78 is 6.05. The van der Waals surface area contributed by atoms with Gasteiger partial charge in [-0.1, -0.05) is 24.9 Å². The summed E-state index contributed by atoms with van der Waals surface area (Å²) in [5.74, 6) is -0.0954. The molecule has 1 aromatic heterocycles. The summed E-state index contributed by atoms with van der Waals surface area (Å²) in [7, 11) is 0. The molecular weight excluding hydrogens is 308 g/mol. The lowest BCUT2D eigenvalue weighted by atomic mass is 10.3. The van der Waals surface area contributed by atoms with Crippen molar-refractivity contribution in [1.82, 2.24) is 9.80 Å². The van der Waals surface area contributed by atoms with Crippen LogP contribution in [0.4, 0.5) is 0 Å². The largest absolute Gasteiger partial charge is 0.465 e. The number of nitrogens with zero attached hydrogens (tertiary/aromatic N) is 2. The van der Waals surface area contributed by atoms with Gasteiger partial charge in [0.15, 0.2) is 0 Å². The summed E-state index contributed by atoms with van der Waals surface area (Å²) >= 11 is 7.59. The number of carbonyl (C=O) groups is 1. The Morgan fingerprint density at radius 1 is 1.29 bits per heavy atom. The molecular formula is C15H23ClN2O2S. The molecule has 6 heteroatoms. The number of halogens is 1. The predicted octanol–water partition coefficient (Wildman–Crippen LogP) is 2.86. The first-order chi connectivity index (χ1) is 10.2. The molecule has 0 saturated carbocycles. The van der Waals surface area contributed by atoms with E-state index in [0.717, 1.165) is 49.9 Å². The SMILES string of the molecule is CCCCOC(=O)CN1CCN(Cc2ccc(Cl)s2)CC1. The van der Waals surface area contributed by atoms with Crippen LogP contribution in [-0.4, -0.2) is 55.1 Å². The van der Waals surface area contributed by atoms with Gasteiger partial charge in [-0.2, -0.15) is 0 Å². The fourth-order valence-corrected chi connectivity index (χ4v) is 3.45. The van der Waals surface area contributed by atoms with Crippen molar-refractivity contribution in [1.29, 1.82) is 0 Å². The fourth-order valence-electron chi connectivity index (χ4n) is 2.32. The van der Waals surface area contributed by atoms with Crippen molar-refractivity contribution in [3.8, 4) is 0 Å². The van der Waals surface area contributed by atoms with Gasteiger partial charge >= 0.3 is 5.97 Å². The molecule has 0 atom stereocenters. The zero-order chi connectivity index (χ0) is 15.1. The van der Waals surface area contributed by atoms with Gasteiger partial charge in [-0.3, -0.25) is 14.6 Å². The molecule has 1 saturated heterocycles. The average Bonchev–Trinajstić information content (AvgIpc) is 2.87. The molecule has 1 fully saturated rings. The summed E-state index contributed by atoms with van der Waals surface area (Å²) in [6.07, 6.45) is 2.00. The normalized spacial score (nSPS) is 17.0. The number of hydrogen-bond donors (Lipinski definition) is 0. The third-order valence-electron chi connectivity index (χ3n) is 3.59. The summed E-state index contributed by atoms with van der Waals surface area (Å²) in [6.45, 7) is 7.82. The Labute approximate surface area is 135 Å². The van der Waals surface area contributed by atoms with E-state index >= 15 is 0 Å². The van der Waals surface area contributed by atoms with Crippen molar-refractivity contribution < 1.29 is 9.53 Å². The monoisotopic (exact) mass is 330 g/mol. The van der Waals surface area contributed by atoms with Crippen LogP contribution in [-0.2, 0) is 16.1 Å². The highest BCUT2D eigenvalue weighted by Gasteiger charge is 2.19. The van der Waals surface area contributed by atoms with Gasteiger partial charge < -0.3 is 4.74 Å². The van der Waals surface area contributed by atoms with Gasteiger partial charge in [0, 0.05) is 37.6 Å². The topological polar surface area (TPSA) is 32.8 Å². The fraction of sp³-hybridized carbons (Fsp3) is 0.667. The van der Waals surface area contributed by atoms with E-state index in [9.17, 15) is 4.79 Å². The van der Waals surface area contributed by atoms with Crippen molar-refractivity contribution in [2.24, 2.45) is 0 Å². The number of rotatable bonds is 7. The van der Waals surface area contributed by atoms with Gasteiger partial charge in [0.05, 0.1) is 17.5 Å². The summed E-state index contributed by atoms with van der Waals surface area (Å²) in [4.78, 5) is 17.5. The zero-order valence-electron chi connectivity index (χ0n) is 12.5. The highest BCUT2D eigenvalue weighted by molar-refractivity contribution is 7.16. The van der Waals surface area contributed by atoms with Crippen molar-refractivity contribution in [2.45, 2.75) is 26.3 Å². The molecule has 1 aromatic rings. The van der Waals surface area contributed by atoms with Crippen LogP contribution in [0.15, 0.2) is 12.1 Å². The van der Waals surface area contributed by atoms with Gasteiger partial charge in [-0.25, -0.2) is 0 Å². The molecule has 0 amide bonds. The van der Waals surface area contributed by atoms with Crippen molar-refractivity contribution in [2.75, 3.05) is 39.3 Å². The molecule has 0 N–H and O–H groups in total. The molecule has 0 radical (unpaired) electrons. The highest BCUT2D eigenvalue weighted by atomic mass is 35.5. The first-order valence-electron chi connectivity index (χ1n) is 7.52. The van der Waals surface area contributed by atoms with Crippen molar-refractivity contribution in [3.63, 3.8) is 0 Å². The lowest BCUT2D eigenvalue weighted by molar-refractivity contribution is -0.145. The molecule has 4 nitrogen and oxygen atoms in total. The molecule has 0 spiro atoms. The second-order valence-corrected chi connectivity index (χ2v) is 7.13. The van der Waals surface area contributed by atoms with Crippen LogP contribution in [0.1, 0.15) is 24.6 Å². The summed E-state index contributed by atoms with van der Waals surface area (Å²) in [6, 6.07) is 4.04. The van der Waals surface area contributed by atoms with E-state index < -0.39 is 0 Å². The Morgan fingerprint density at radius 2 is 2.00 bits per heavy atom. The minimum Gasteiger partial charge on any atom is -0.465 e. The Hall–Kier alpha value is -0.620. The van der Waals surface area contributed by atoms with Gasteiger partial charge in [0.2, 0.25) is 0 Å². The maximum absolute atomic E-state index is 11.7. The standard InChI is InChI=1S/C15H23ClN2O2S/c1-2-3-10-20-15(19)12-18-8-6-17(7-9-18)11-13-4-5-14(16)21-13/h4-5H,2-3,6-12H2,1H3. The number of carbonyl (C=O) groups excluding carboxylic acids is 1. The van der Waals surface area contributed by atoms with E-state index in [1.54, 1.807) is 11.3 Å². The first kappa shape index (κ1) is 16.7. The molecule has 1 aliphatic heterocycles. The molecule has 0 aromatic carbocycles. The average molecular weight is 331 g/mol. The predicted molar refractivity (Wildman–Crippen MR) is 86.9 cm³/mol. The number of hydrogen-bond acceptors (Lipinski definition) is 5. The lowest BCUT2D eigenvalue weighted by Gasteiger charge is -2.33. The maximum atomic E-state index is 11.7. The number of thiophene rings is 1. The van der Waals surface area contributed by atoms with Gasteiger partial charge in [-0.15, -0.1) is 11.3 Å². The van der Waals surface area contributed by atoms with E-state index in [0.29, 0.717) is 13.2 Å². The van der Waals surface area contributed by atoms with Gasteiger partial charge in [-0.05, 0) is 18.6 Å². The highest BCUT2D eigenvalue weighted by Crippen LogP contribution is 2.23. The van der Waals surface area contributed by atoms with Crippen LogP contribution in [0.2, 0.25) is 4.34 Å². The first-order valence-corrected chi connectivity index (χ1v) is 8.71. The molecule has 2 heterocycles. The molecule has 118 valence electrons. The quantitative estimate of drug-likeness (QED) is 0.568. The van der Waals surface area contributed by atoms with E-state index in [1.807, 2.05) is 6.07 Å². The van der Waals surface area contributed by atoms with E-state index in [1.165, 1.54) is 4.88 Å². The van der Waals surface area contributed by atoms with Crippen LogP contribution in [0.3, 0.4) is 0 Å².